The molecule has 3 rings (SSSR count). The summed E-state index contributed by atoms with van der Waals surface area (Å²) in [5.74, 6) is 0. The lowest BCUT2D eigenvalue weighted by Crippen LogP contribution is -2.44. The molecule has 1 N–H and O–H groups in total. The second kappa shape index (κ2) is 10.9. The summed E-state index contributed by atoms with van der Waals surface area (Å²) < 4.78 is 13.4. The molecule has 2 atom stereocenters. The fourth-order valence-corrected chi connectivity index (χ4v) is 6.64. The van der Waals surface area contributed by atoms with E-state index in [2.05, 4.69) is 115 Å². The second-order valence-electron chi connectivity index (χ2n) is 13.8. The van der Waals surface area contributed by atoms with Crippen LogP contribution in [0.25, 0.3) is 0 Å². The minimum absolute atomic E-state index is 0.199. The number of likely N-dealkylation sites (tertiary alicyclic amines) is 1. The van der Waals surface area contributed by atoms with Crippen molar-refractivity contribution < 1.29 is 8.85 Å². The largest absolute Gasteiger partial charge is 0.413 e. The molecule has 36 heavy (non-hydrogen) atoms. The first-order chi connectivity index (χ1) is 16.5. The first-order valence-electron chi connectivity index (χ1n) is 13.6. The van der Waals surface area contributed by atoms with Gasteiger partial charge in [-0.2, -0.15) is 5.10 Å². The molecule has 0 bridgehead atoms. The van der Waals surface area contributed by atoms with Crippen LogP contribution in [0.4, 0.5) is 0 Å². The molecule has 0 unspecified atom stereocenters. The maximum atomic E-state index is 6.90. The van der Waals surface area contributed by atoms with E-state index in [1.54, 1.807) is 0 Å². The Morgan fingerprint density at radius 3 is 2.17 bits per heavy atom. The minimum atomic E-state index is -1.83. The molecule has 0 saturated carbocycles. The van der Waals surface area contributed by atoms with Gasteiger partial charge in [0.15, 0.2) is 16.6 Å². The monoisotopic (exact) mass is 529 g/mol. The van der Waals surface area contributed by atoms with Gasteiger partial charge in [0.2, 0.25) is 0 Å². The van der Waals surface area contributed by atoms with Crippen LogP contribution in [0.5, 0.6) is 0 Å². The Kier molecular flexibility index (Phi) is 8.83. The molecule has 0 radical (unpaired) electrons. The molecule has 0 spiro atoms. The van der Waals surface area contributed by atoms with Gasteiger partial charge in [-0.25, -0.2) is 0 Å². The molecule has 2 heterocycles. The third-order valence-electron chi connectivity index (χ3n) is 9.01. The highest BCUT2D eigenvalue weighted by Crippen LogP contribution is 2.40. The van der Waals surface area contributed by atoms with E-state index < -0.39 is 16.6 Å². The summed E-state index contributed by atoms with van der Waals surface area (Å²) in [5, 5.41) is 8.50. The average Bonchev–Trinajstić information content (AvgIpc) is 3.28. The summed E-state index contributed by atoms with van der Waals surface area (Å²) in [4.78, 5) is 2.62. The van der Waals surface area contributed by atoms with E-state index in [1.807, 2.05) is 0 Å². The van der Waals surface area contributed by atoms with E-state index in [0.717, 1.165) is 31.6 Å². The summed E-state index contributed by atoms with van der Waals surface area (Å²) in [7, 11) is -3.63. The molecule has 0 aliphatic carbocycles. The van der Waals surface area contributed by atoms with Crippen molar-refractivity contribution in [2.75, 3.05) is 6.54 Å². The van der Waals surface area contributed by atoms with Crippen LogP contribution in [0, 0.1) is 6.92 Å². The number of aromatic amines is 1. The van der Waals surface area contributed by atoms with Gasteiger partial charge in [0, 0.05) is 25.6 Å². The van der Waals surface area contributed by atoms with Crippen molar-refractivity contribution in [1.82, 2.24) is 15.1 Å². The number of benzene rings is 1. The number of hydrogen-bond acceptors (Lipinski definition) is 4. The molecule has 1 saturated heterocycles. The van der Waals surface area contributed by atoms with Crippen LogP contribution >= 0.6 is 0 Å². The molecule has 1 aromatic heterocycles. The van der Waals surface area contributed by atoms with Crippen LogP contribution in [-0.2, 0) is 28.4 Å². The minimum Gasteiger partial charge on any atom is -0.413 e. The maximum Gasteiger partial charge on any atom is 0.192 e. The molecule has 5 nitrogen and oxygen atoms in total. The average molecular weight is 530 g/mol. The lowest BCUT2D eigenvalue weighted by Gasteiger charge is -2.38. The highest BCUT2D eigenvalue weighted by Gasteiger charge is 2.43. The third-order valence-corrected chi connectivity index (χ3v) is 18.0. The van der Waals surface area contributed by atoms with E-state index in [9.17, 15) is 0 Å². The number of aromatic nitrogens is 2. The zero-order chi connectivity index (χ0) is 26.9. The standard InChI is InChI=1S/C29H51N3O2Si2/c1-22-26(30-31-27(22)21-33-35(8,9)28(2,3)4)18-24-17-25(34-36(10,11)29(5,6)7)20-32(24)19-23-15-13-12-14-16-23/h12-16,24-25H,17-21H2,1-11H3,(H,30,31)/t24-,25+/m0/s1. The van der Waals surface area contributed by atoms with Crippen LogP contribution in [-0.4, -0.2) is 50.4 Å². The third kappa shape index (κ3) is 6.98. The highest BCUT2D eigenvalue weighted by atomic mass is 28.4. The fourth-order valence-electron chi connectivity index (χ4n) is 4.35. The van der Waals surface area contributed by atoms with Gasteiger partial charge >= 0.3 is 0 Å². The molecule has 202 valence electrons. The molecular weight excluding hydrogens is 479 g/mol. The predicted octanol–water partition coefficient (Wildman–Crippen LogP) is 7.45. The number of rotatable bonds is 9. The van der Waals surface area contributed by atoms with Crippen LogP contribution < -0.4 is 0 Å². The van der Waals surface area contributed by atoms with Crippen molar-refractivity contribution in [3.05, 3.63) is 52.8 Å². The molecular formula is C29H51N3O2Si2. The molecule has 1 aliphatic heterocycles. The Labute approximate surface area is 222 Å². The van der Waals surface area contributed by atoms with Gasteiger partial charge in [-0.15, -0.1) is 0 Å². The fraction of sp³-hybridized carbons (Fsp3) is 0.690. The molecule has 1 aliphatic rings. The van der Waals surface area contributed by atoms with Gasteiger partial charge in [-0.1, -0.05) is 71.9 Å². The summed E-state index contributed by atoms with van der Waals surface area (Å²) in [6.07, 6.45) is 2.27. The van der Waals surface area contributed by atoms with Gasteiger partial charge in [0.25, 0.3) is 0 Å². The van der Waals surface area contributed by atoms with Crippen LogP contribution in [0.3, 0.4) is 0 Å². The summed E-state index contributed by atoms with van der Waals surface area (Å²) >= 11 is 0. The van der Waals surface area contributed by atoms with Crippen molar-refractivity contribution in [2.24, 2.45) is 0 Å². The normalized spacial score (nSPS) is 20.3. The van der Waals surface area contributed by atoms with Gasteiger partial charge in [-0.3, -0.25) is 10.00 Å². The van der Waals surface area contributed by atoms with Crippen molar-refractivity contribution in [3.8, 4) is 0 Å². The van der Waals surface area contributed by atoms with Crippen molar-refractivity contribution >= 4 is 16.6 Å². The van der Waals surface area contributed by atoms with E-state index in [4.69, 9.17) is 14.0 Å². The van der Waals surface area contributed by atoms with E-state index >= 15 is 0 Å². The lowest BCUT2D eigenvalue weighted by atomic mass is 10.0. The molecule has 7 heteroatoms. The summed E-state index contributed by atoms with van der Waals surface area (Å²) in [6.45, 7) is 27.9. The quantitative estimate of drug-likeness (QED) is 0.343. The Morgan fingerprint density at radius 2 is 1.58 bits per heavy atom. The SMILES string of the molecule is Cc1c(C[C@@H]2C[C@@H](O[Si](C)(C)C(C)(C)C)CN2Cc2ccccc2)n[nH]c1CO[Si](C)(C)C(C)(C)C. The van der Waals surface area contributed by atoms with Crippen LogP contribution in [0.1, 0.15) is 70.5 Å². The van der Waals surface area contributed by atoms with E-state index in [-0.39, 0.29) is 16.2 Å². The van der Waals surface area contributed by atoms with Gasteiger partial charge in [-0.05, 0) is 60.7 Å². The lowest BCUT2D eigenvalue weighted by molar-refractivity contribution is 0.177. The molecule has 2 aromatic rings. The Bertz CT molecular complexity index is 990. The Balaban J connectivity index is 1.75. The second-order valence-corrected chi connectivity index (χ2v) is 23.4. The number of nitrogens with zero attached hydrogens (tertiary/aromatic N) is 2. The maximum absolute atomic E-state index is 6.90. The summed E-state index contributed by atoms with van der Waals surface area (Å²) in [5.41, 5.74) is 4.90. The number of H-pyrrole nitrogens is 1. The first-order valence-corrected chi connectivity index (χ1v) is 19.4. The molecule has 1 aromatic carbocycles. The van der Waals surface area contributed by atoms with E-state index in [0.29, 0.717) is 12.6 Å². The molecule has 0 amide bonds. The van der Waals surface area contributed by atoms with E-state index in [1.165, 1.54) is 16.8 Å². The Hall–Kier alpha value is -1.26. The van der Waals surface area contributed by atoms with Crippen LogP contribution in [0.2, 0.25) is 36.3 Å². The number of nitrogens with one attached hydrogen (secondary N) is 1. The first kappa shape index (κ1) is 29.3. The van der Waals surface area contributed by atoms with Crippen molar-refractivity contribution in [2.45, 2.75) is 123 Å². The van der Waals surface area contributed by atoms with Crippen molar-refractivity contribution in [3.63, 3.8) is 0 Å². The van der Waals surface area contributed by atoms with Gasteiger partial charge < -0.3 is 8.85 Å². The smallest absolute Gasteiger partial charge is 0.192 e. The predicted molar refractivity (Wildman–Crippen MR) is 156 cm³/mol. The van der Waals surface area contributed by atoms with Crippen molar-refractivity contribution in [1.29, 1.82) is 0 Å². The topological polar surface area (TPSA) is 50.4 Å². The zero-order valence-electron chi connectivity index (χ0n) is 24.8. The zero-order valence-corrected chi connectivity index (χ0v) is 26.8. The van der Waals surface area contributed by atoms with Gasteiger partial charge in [0.1, 0.15) is 0 Å². The van der Waals surface area contributed by atoms with Gasteiger partial charge in [0.05, 0.1) is 24.1 Å². The Morgan fingerprint density at radius 1 is 0.972 bits per heavy atom. The highest BCUT2D eigenvalue weighted by molar-refractivity contribution is 6.74. The molecule has 1 fully saturated rings. The number of hydrogen-bond donors (Lipinski definition) is 1. The van der Waals surface area contributed by atoms with Crippen LogP contribution in [0.15, 0.2) is 30.3 Å². The summed E-state index contributed by atoms with van der Waals surface area (Å²) in [6, 6.07) is 11.2.